The molecule has 1 N–H and O–H groups in total. The third-order valence-corrected chi connectivity index (χ3v) is 3.55. The van der Waals surface area contributed by atoms with Crippen molar-refractivity contribution < 1.29 is 18.7 Å². The maximum absolute atomic E-state index is 13.3. The summed E-state index contributed by atoms with van der Waals surface area (Å²) in [5, 5.41) is 4.54. The van der Waals surface area contributed by atoms with Crippen LogP contribution in [0.4, 0.5) is 4.39 Å². The molecule has 0 spiro atoms. The van der Waals surface area contributed by atoms with Crippen LogP contribution in [0.15, 0.2) is 41.8 Å². The second kappa shape index (κ2) is 7.54. The van der Waals surface area contributed by atoms with E-state index in [4.69, 9.17) is 4.74 Å². The molecule has 0 bridgehead atoms. The van der Waals surface area contributed by atoms with Gasteiger partial charge in [-0.2, -0.15) is 0 Å². The Hall–Kier alpha value is -2.21. The molecule has 0 saturated carbocycles. The molecule has 1 aromatic carbocycles. The highest BCUT2D eigenvalue weighted by Crippen LogP contribution is 2.09. The van der Waals surface area contributed by atoms with Gasteiger partial charge in [-0.05, 0) is 30.0 Å². The van der Waals surface area contributed by atoms with Crippen LogP contribution in [0.3, 0.4) is 0 Å². The van der Waals surface area contributed by atoms with E-state index in [0.717, 1.165) is 0 Å². The normalized spacial score (nSPS) is 10.1. The lowest BCUT2D eigenvalue weighted by molar-refractivity contribution is 0.0495. The van der Waals surface area contributed by atoms with Gasteiger partial charge in [0.1, 0.15) is 5.82 Å². The van der Waals surface area contributed by atoms with Crippen molar-refractivity contribution in [2.45, 2.75) is 6.42 Å². The van der Waals surface area contributed by atoms with E-state index in [0.29, 0.717) is 17.8 Å². The molecule has 0 aliphatic rings. The number of carbonyl (C=O) groups is 2. The van der Waals surface area contributed by atoms with Crippen molar-refractivity contribution in [3.63, 3.8) is 0 Å². The fourth-order valence-corrected chi connectivity index (χ4v) is 2.28. The first-order valence-corrected chi connectivity index (χ1v) is 7.30. The number of carbonyl (C=O) groups excluding carboxylic acids is 2. The first-order chi connectivity index (χ1) is 10.2. The quantitative estimate of drug-likeness (QED) is 0.659. The maximum atomic E-state index is 13.3. The second-order valence-corrected chi connectivity index (χ2v) is 5.15. The van der Waals surface area contributed by atoms with Crippen LogP contribution in [0, 0.1) is 5.82 Å². The third-order valence-electron chi connectivity index (χ3n) is 2.68. The van der Waals surface area contributed by atoms with E-state index < -0.39 is 11.8 Å². The molecule has 4 nitrogen and oxygen atoms in total. The van der Waals surface area contributed by atoms with Gasteiger partial charge < -0.3 is 10.1 Å². The summed E-state index contributed by atoms with van der Waals surface area (Å²) in [6.07, 6.45) is 0.470. The van der Waals surface area contributed by atoms with E-state index in [1.165, 1.54) is 29.5 Å². The highest BCUT2D eigenvalue weighted by molar-refractivity contribution is 7.12. The Morgan fingerprint density at radius 2 is 2.00 bits per heavy atom. The molecule has 0 aliphatic carbocycles. The maximum Gasteiger partial charge on any atom is 0.341 e. The number of hydrogen-bond acceptors (Lipinski definition) is 4. The Morgan fingerprint density at radius 1 is 1.19 bits per heavy atom. The van der Waals surface area contributed by atoms with Crippen LogP contribution in [0.1, 0.15) is 26.5 Å². The number of ether oxygens (including phenoxy) is 1. The average molecular weight is 307 g/mol. The van der Waals surface area contributed by atoms with Crippen molar-refractivity contribution >= 4 is 23.2 Å². The molecule has 1 amide bonds. The SMILES string of the molecule is O=C(NCCCOC(=O)c1ccccc1F)c1cccs1. The molecule has 21 heavy (non-hydrogen) atoms. The minimum Gasteiger partial charge on any atom is -0.462 e. The molecule has 1 heterocycles. The summed E-state index contributed by atoms with van der Waals surface area (Å²) in [4.78, 5) is 23.8. The summed E-state index contributed by atoms with van der Waals surface area (Å²) in [6.45, 7) is 0.513. The van der Waals surface area contributed by atoms with E-state index in [1.807, 2.05) is 5.38 Å². The van der Waals surface area contributed by atoms with Crippen molar-refractivity contribution in [1.82, 2.24) is 5.32 Å². The molecule has 0 fully saturated rings. The van der Waals surface area contributed by atoms with E-state index in [9.17, 15) is 14.0 Å². The molecule has 0 atom stereocenters. The molecule has 2 aromatic rings. The lowest BCUT2D eigenvalue weighted by Gasteiger charge is -2.06. The topological polar surface area (TPSA) is 55.4 Å². The van der Waals surface area contributed by atoms with Gasteiger partial charge in [-0.15, -0.1) is 11.3 Å². The minimum absolute atomic E-state index is 0.0832. The fraction of sp³-hybridized carbons (Fsp3) is 0.200. The molecule has 6 heteroatoms. The summed E-state index contributed by atoms with van der Waals surface area (Å²) in [5.74, 6) is -1.45. The Morgan fingerprint density at radius 3 is 2.71 bits per heavy atom. The molecule has 0 unspecified atom stereocenters. The standard InChI is InChI=1S/C15H14FNO3S/c16-12-6-2-1-5-11(12)15(19)20-9-4-8-17-14(18)13-7-3-10-21-13/h1-3,5-7,10H,4,8-9H2,(H,17,18). The van der Waals surface area contributed by atoms with Crippen LogP contribution in [-0.4, -0.2) is 25.0 Å². The van der Waals surface area contributed by atoms with Crippen LogP contribution >= 0.6 is 11.3 Å². The second-order valence-electron chi connectivity index (χ2n) is 4.20. The predicted octanol–water partition coefficient (Wildman–Crippen LogP) is 2.86. The molecule has 1 aromatic heterocycles. The molecular weight excluding hydrogens is 293 g/mol. The third kappa shape index (κ3) is 4.39. The van der Waals surface area contributed by atoms with Gasteiger partial charge in [0.05, 0.1) is 17.0 Å². The van der Waals surface area contributed by atoms with E-state index >= 15 is 0 Å². The van der Waals surface area contributed by atoms with Gasteiger partial charge >= 0.3 is 5.97 Å². The number of esters is 1. The smallest absolute Gasteiger partial charge is 0.341 e. The zero-order valence-electron chi connectivity index (χ0n) is 11.2. The number of amides is 1. The van der Waals surface area contributed by atoms with Crippen LogP contribution in [-0.2, 0) is 4.74 Å². The van der Waals surface area contributed by atoms with E-state index in [1.54, 1.807) is 18.2 Å². The molecule has 110 valence electrons. The van der Waals surface area contributed by atoms with Crippen LogP contribution in [0.25, 0.3) is 0 Å². The Balaban J connectivity index is 1.67. The molecule has 0 radical (unpaired) electrons. The van der Waals surface area contributed by atoms with Crippen molar-refractivity contribution in [3.05, 3.63) is 58.0 Å². The molecule has 2 rings (SSSR count). The number of halogens is 1. The lowest BCUT2D eigenvalue weighted by atomic mass is 10.2. The first-order valence-electron chi connectivity index (χ1n) is 6.42. The highest BCUT2D eigenvalue weighted by Gasteiger charge is 2.11. The monoisotopic (exact) mass is 307 g/mol. The first kappa shape index (κ1) is 15.2. The summed E-state index contributed by atoms with van der Waals surface area (Å²) in [5.41, 5.74) is -0.0832. The number of hydrogen-bond donors (Lipinski definition) is 1. The number of rotatable bonds is 6. The Kier molecular flexibility index (Phi) is 5.45. The van der Waals surface area contributed by atoms with Crippen LogP contribution in [0.5, 0.6) is 0 Å². The Labute approximate surface area is 125 Å². The summed E-state index contributed by atoms with van der Waals surface area (Å²) >= 11 is 1.36. The van der Waals surface area contributed by atoms with Crippen LogP contribution < -0.4 is 5.32 Å². The predicted molar refractivity (Wildman–Crippen MR) is 78.0 cm³/mol. The van der Waals surface area contributed by atoms with E-state index in [2.05, 4.69) is 5.32 Å². The Bertz CT molecular complexity index is 613. The zero-order valence-corrected chi connectivity index (χ0v) is 12.0. The van der Waals surface area contributed by atoms with Crippen molar-refractivity contribution in [2.75, 3.05) is 13.2 Å². The highest BCUT2D eigenvalue weighted by atomic mass is 32.1. The van der Waals surface area contributed by atoms with Crippen LogP contribution in [0.2, 0.25) is 0 Å². The minimum atomic E-state index is -0.697. The fourth-order valence-electron chi connectivity index (χ4n) is 1.64. The van der Waals surface area contributed by atoms with Gasteiger partial charge in [0.25, 0.3) is 5.91 Å². The van der Waals surface area contributed by atoms with Gasteiger partial charge in [-0.1, -0.05) is 18.2 Å². The number of thiophene rings is 1. The van der Waals surface area contributed by atoms with Gasteiger partial charge in [-0.25, -0.2) is 9.18 Å². The van der Waals surface area contributed by atoms with Gasteiger partial charge in [-0.3, -0.25) is 4.79 Å². The average Bonchev–Trinajstić information content (AvgIpc) is 3.01. The van der Waals surface area contributed by atoms with Gasteiger partial charge in [0.2, 0.25) is 0 Å². The summed E-state index contributed by atoms with van der Waals surface area (Å²) in [7, 11) is 0. The summed E-state index contributed by atoms with van der Waals surface area (Å²) in [6, 6.07) is 9.19. The van der Waals surface area contributed by atoms with Gasteiger partial charge in [0, 0.05) is 6.54 Å². The molecule has 0 saturated heterocycles. The number of benzene rings is 1. The number of nitrogens with one attached hydrogen (secondary N) is 1. The lowest BCUT2D eigenvalue weighted by Crippen LogP contribution is -2.24. The van der Waals surface area contributed by atoms with Crippen molar-refractivity contribution in [2.24, 2.45) is 0 Å². The van der Waals surface area contributed by atoms with E-state index in [-0.39, 0.29) is 18.1 Å². The largest absolute Gasteiger partial charge is 0.462 e. The zero-order chi connectivity index (χ0) is 15.1. The van der Waals surface area contributed by atoms with Crippen molar-refractivity contribution in [1.29, 1.82) is 0 Å². The molecule has 0 aliphatic heterocycles. The van der Waals surface area contributed by atoms with Gasteiger partial charge in [0.15, 0.2) is 0 Å². The summed E-state index contributed by atoms with van der Waals surface area (Å²) < 4.78 is 18.3. The molecular formula is C15H14FNO3S. The van der Waals surface area contributed by atoms with Crippen molar-refractivity contribution in [3.8, 4) is 0 Å².